The van der Waals surface area contributed by atoms with E-state index in [0.717, 1.165) is 12.1 Å². The smallest absolute Gasteiger partial charge is 0.275 e. The van der Waals surface area contributed by atoms with Crippen LogP contribution in [0.15, 0.2) is 54.9 Å². The van der Waals surface area contributed by atoms with Gasteiger partial charge in [-0.25, -0.2) is 9.97 Å². The van der Waals surface area contributed by atoms with Crippen molar-refractivity contribution >= 4 is 23.1 Å². The van der Waals surface area contributed by atoms with E-state index >= 15 is 0 Å². The summed E-state index contributed by atoms with van der Waals surface area (Å²) in [5.41, 5.74) is 2.96. The third-order valence-corrected chi connectivity index (χ3v) is 4.16. The molecule has 1 aromatic heterocycles. The van der Waals surface area contributed by atoms with Gasteiger partial charge < -0.3 is 20.1 Å². The van der Waals surface area contributed by atoms with Gasteiger partial charge in [0, 0.05) is 17.4 Å². The van der Waals surface area contributed by atoms with Crippen LogP contribution in [0.25, 0.3) is 0 Å². The average molecular weight is 378 g/mol. The van der Waals surface area contributed by atoms with Crippen LogP contribution in [0.4, 0.5) is 17.2 Å². The number of carbonyl (C=O) groups excluding carboxylic acids is 1. The molecular weight excluding hydrogens is 356 g/mol. The van der Waals surface area contributed by atoms with Crippen molar-refractivity contribution < 1.29 is 14.3 Å². The minimum Gasteiger partial charge on any atom is -0.493 e. The summed E-state index contributed by atoms with van der Waals surface area (Å²) in [4.78, 5) is 20.9. The Morgan fingerprint density at radius 1 is 0.929 bits per heavy atom. The fraction of sp³-hybridized carbons (Fsp3) is 0.190. The second kappa shape index (κ2) is 8.85. The first-order valence-electron chi connectivity index (χ1n) is 8.84. The van der Waals surface area contributed by atoms with E-state index in [-0.39, 0.29) is 11.6 Å². The van der Waals surface area contributed by atoms with Crippen molar-refractivity contribution in [1.29, 1.82) is 0 Å². The molecule has 0 aliphatic heterocycles. The van der Waals surface area contributed by atoms with E-state index in [1.165, 1.54) is 25.1 Å². The number of hydrogen-bond acceptors (Lipinski definition) is 6. The van der Waals surface area contributed by atoms with Gasteiger partial charge >= 0.3 is 0 Å². The number of rotatable bonds is 7. The number of benzene rings is 2. The first-order valence-corrected chi connectivity index (χ1v) is 8.84. The Balaban J connectivity index is 1.66. The van der Waals surface area contributed by atoms with Crippen molar-refractivity contribution in [2.75, 3.05) is 24.9 Å². The molecule has 0 unspecified atom stereocenters. The Kier molecular flexibility index (Phi) is 6.06. The van der Waals surface area contributed by atoms with Crippen LogP contribution in [0.2, 0.25) is 0 Å². The average Bonchev–Trinajstić information content (AvgIpc) is 2.74. The summed E-state index contributed by atoms with van der Waals surface area (Å²) >= 11 is 0. The van der Waals surface area contributed by atoms with Crippen LogP contribution in [-0.2, 0) is 6.42 Å². The molecule has 1 heterocycles. The number of hydrogen-bond donors (Lipinski definition) is 2. The Bertz CT molecular complexity index is 941. The van der Waals surface area contributed by atoms with Crippen LogP contribution in [0.5, 0.6) is 11.5 Å². The second-order valence-electron chi connectivity index (χ2n) is 5.99. The quantitative estimate of drug-likeness (QED) is 0.645. The van der Waals surface area contributed by atoms with E-state index in [2.05, 4.69) is 39.7 Å². The lowest BCUT2D eigenvalue weighted by molar-refractivity contribution is 0.102. The number of carbonyl (C=O) groups is 1. The molecule has 1 amide bonds. The van der Waals surface area contributed by atoms with Crippen molar-refractivity contribution in [2.45, 2.75) is 13.3 Å². The minimum absolute atomic E-state index is 0.210. The summed E-state index contributed by atoms with van der Waals surface area (Å²) in [6.45, 7) is 2.11. The Labute approximate surface area is 163 Å². The topological polar surface area (TPSA) is 85.4 Å². The van der Waals surface area contributed by atoms with Crippen LogP contribution in [0, 0.1) is 0 Å². The van der Waals surface area contributed by atoms with E-state index in [4.69, 9.17) is 9.47 Å². The van der Waals surface area contributed by atoms with Gasteiger partial charge in [0.05, 0.1) is 26.6 Å². The zero-order chi connectivity index (χ0) is 19.9. The van der Waals surface area contributed by atoms with Crippen molar-refractivity contribution in [3.8, 4) is 11.5 Å². The van der Waals surface area contributed by atoms with Gasteiger partial charge in [0.25, 0.3) is 5.91 Å². The molecule has 2 N–H and O–H groups in total. The summed E-state index contributed by atoms with van der Waals surface area (Å²) < 4.78 is 10.4. The first kappa shape index (κ1) is 19.2. The number of aromatic nitrogens is 2. The lowest BCUT2D eigenvalue weighted by Gasteiger charge is -2.10. The van der Waals surface area contributed by atoms with Crippen molar-refractivity contribution in [1.82, 2.24) is 9.97 Å². The zero-order valence-electron chi connectivity index (χ0n) is 16.0. The number of nitrogens with one attached hydrogen (secondary N) is 2. The monoisotopic (exact) mass is 378 g/mol. The van der Waals surface area contributed by atoms with Crippen molar-refractivity contribution in [2.24, 2.45) is 0 Å². The maximum atomic E-state index is 12.4. The van der Waals surface area contributed by atoms with E-state index in [1.807, 2.05) is 12.1 Å². The van der Waals surface area contributed by atoms with Gasteiger partial charge in [0.2, 0.25) is 0 Å². The van der Waals surface area contributed by atoms with Gasteiger partial charge in [0.15, 0.2) is 11.5 Å². The molecular formula is C21H22N4O3. The molecule has 7 nitrogen and oxygen atoms in total. The highest BCUT2D eigenvalue weighted by atomic mass is 16.5. The zero-order valence-corrected chi connectivity index (χ0v) is 16.0. The number of ether oxygens (including phenoxy) is 2. The lowest BCUT2D eigenvalue weighted by atomic mass is 10.1. The van der Waals surface area contributed by atoms with Crippen LogP contribution in [0.1, 0.15) is 23.0 Å². The summed E-state index contributed by atoms with van der Waals surface area (Å²) in [6.07, 6.45) is 3.94. The molecule has 0 aliphatic rings. The fourth-order valence-electron chi connectivity index (χ4n) is 2.59. The van der Waals surface area contributed by atoms with Gasteiger partial charge in [0.1, 0.15) is 11.5 Å². The van der Waals surface area contributed by atoms with Crippen LogP contribution >= 0.6 is 0 Å². The van der Waals surface area contributed by atoms with Crippen LogP contribution < -0.4 is 20.1 Å². The van der Waals surface area contributed by atoms with Gasteiger partial charge in [-0.15, -0.1) is 0 Å². The maximum absolute atomic E-state index is 12.4. The van der Waals surface area contributed by atoms with Gasteiger partial charge in [-0.05, 0) is 36.2 Å². The molecule has 28 heavy (non-hydrogen) atoms. The molecule has 0 saturated carbocycles. The van der Waals surface area contributed by atoms with Gasteiger partial charge in [-0.3, -0.25) is 4.79 Å². The van der Waals surface area contributed by atoms with Gasteiger partial charge in [-0.2, -0.15) is 0 Å². The Hall–Kier alpha value is -3.61. The molecule has 0 aliphatic carbocycles. The second-order valence-corrected chi connectivity index (χ2v) is 5.99. The highest BCUT2D eigenvalue weighted by molar-refractivity contribution is 6.02. The Morgan fingerprint density at radius 3 is 2.25 bits per heavy atom. The van der Waals surface area contributed by atoms with E-state index in [0.29, 0.717) is 23.0 Å². The third-order valence-electron chi connectivity index (χ3n) is 4.16. The molecule has 7 heteroatoms. The summed E-state index contributed by atoms with van der Waals surface area (Å²) in [6, 6.07) is 13.2. The van der Waals surface area contributed by atoms with Crippen LogP contribution in [0.3, 0.4) is 0 Å². The molecule has 3 rings (SSSR count). The minimum atomic E-state index is -0.362. The Morgan fingerprint density at radius 2 is 1.64 bits per heavy atom. The maximum Gasteiger partial charge on any atom is 0.275 e. The van der Waals surface area contributed by atoms with E-state index in [9.17, 15) is 4.79 Å². The highest BCUT2D eigenvalue weighted by Crippen LogP contribution is 2.29. The molecule has 0 spiro atoms. The molecule has 2 aromatic carbocycles. The number of methoxy groups -OCH3 is 2. The predicted octanol–water partition coefficient (Wildman–Crippen LogP) is 4.05. The van der Waals surface area contributed by atoms with Gasteiger partial charge in [-0.1, -0.05) is 19.1 Å². The standard InChI is InChI=1S/C21H22N4O3/c1-4-14-5-7-15(8-6-14)24-20-13-22-17(12-23-20)21(26)25-16-9-10-18(27-2)19(11-16)28-3/h5-13H,4H2,1-3H3,(H,23,24)(H,25,26). The van der Waals surface area contributed by atoms with Crippen molar-refractivity contribution in [3.63, 3.8) is 0 Å². The fourth-order valence-corrected chi connectivity index (χ4v) is 2.59. The molecule has 0 saturated heterocycles. The molecule has 0 bridgehead atoms. The molecule has 0 radical (unpaired) electrons. The first-order chi connectivity index (χ1) is 13.6. The number of anilines is 3. The highest BCUT2D eigenvalue weighted by Gasteiger charge is 2.11. The summed E-state index contributed by atoms with van der Waals surface area (Å²) in [5, 5.41) is 5.93. The summed E-state index contributed by atoms with van der Waals surface area (Å²) in [5.74, 6) is 1.31. The molecule has 0 atom stereocenters. The predicted molar refractivity (Wildman–Crippen MR) is 109 cm³/mol. The largest absolute Gasteiger partial charge is 0.493 e. The number of amides is 1. The summed E-state index contributed by atoms with van der Waals surface area (Å²) in [7, 11) is 3.09. The molecule has 3 aromatic rings. The normalized spacial score (nSPS) is 10.2. The SMILES string of the molecule is CCc1ccc(Nc2cnc(C(=O)Nc3ccc(OC)c(OC)c3)cn2)cc1. The van der Waals surface area contributed by atoms with Crippen molar-refractivity contribution in [3.05, 3.63) is 66.1 Å². The number of nitrogens with zero attached hydrogens (tertiary/aromatic N) is 2. The molecule has 0 fully saturated rings. The van der Waals surface area contributed by atoms with Crippen LogP contribution in [-0.4, -0.2) is 30.1 Å². The third kappa shape index (κ3) is 4.56. The number of aryl methyl sites for hydroxylation is 1. The van der Waals surface area contributed by atoms with E-state index in [1.54, 1.807) is 25.3 Å². The van der Waals surface area contributed by atoms with E-state index < -0.39 is 0 Å². The lowest BCUT2D eigenvalue weighted by Crippen LogP contribution is -2.14. The molecule has 144 valence electrons.